The third-order valence-electron chi connectivity index (χ3n) is 4.18. The number of carboxylic acids is 1. The Hall–Kier alpha value is -2.62. The van der Waals surface area contributed by atoms with Gasteiger partial charge in [0.05, 0.1) is 5.56 Å². The summed E-state index contributed by atoms with van der Waals surface area (Å²) in [6, 6.07) is 25.6. The maximum Gasteiger partial charge on any atom is 0.336 e. The SMILES string of the molecule is CCl.O=C(O)c1ccccc1-c1ccc(CNCCc2ccccc2)cc1. The van der Waals surface area contributed by atoms with Crippen LogP contribution in [-0.4, -0.2) is 24.0 Å². The van der Waals surface area contributed by atoms with Gasteiger partial charge in [0.15, 0.2) is 0 Å². The first kappa shape index (κ1) is 20.7. The van der Waals surface area contributed by atoms with Gasteiger partial charge in [-0.1, -0.05) is 72.8 Å². The molecule has 0 aliphatic carbocycles. The molecule has 2 N–H and O–H groups in total. The van der Waals surface area contributed by atoms with E-state index in [0.29, 0.717) is 5.56 Å². The van der Waals surface area contributed by atoms with Crippen LogP contribution in [0.2, 0.25) is 0 Å². The van der Waals surface area contributed by atoms with E-state index in [1.807, 2.05) is 42.5 Å². The van der Waals surface area contributed by atoms with E-state index in [9.17, 15) is 9.90 Å². The first-order valence-electron chi connectivity index (χ1n) is 8.78. The van der Waals surface area contributed by atoms with E-state index in [2.05, 4.69) is 41.2 Å². The second-order valence-corrected chi connectivity index (χ2v) is 5.96. The zero-order chi connectivity index (χ0) is 19.5. The number of carbonyl (C=O) groups is 1. The highest BCUT2D eigenvalue weighted by Gasteiger charge is 2.10. The molecule has 4 heteroatoms. The van der Waals surface area contributed by atoms with Crippen molar-refractivity contribution in [3.63, 3.8) is 0 Å². The molecule has 0 aromatic heterocycles. The molecule has 3 rings (SSSR count). The number of benzene rings is 3. The van der Waals surface area contributed by atoms with Crippen LogP contribution in [0.25, 0.3) is 11.1 Å². The van der Waals surface area contributed by atoms with Gasteiger partial charge in [-0.3, -0.25) is 0 Å². The van der Waals surface area contributed by atoms with Crippen LogP contribution in [0, 0.1) is 0 Å². The lowest BCUT2D eigenvalue weighted by Gasteiger charge is -2.08. The van der Waals surface area contributed by atoms with Crippen molar-refractivity contribution in [3.05, 3.63) is 95.6 Å². The fraction of sp³-hybridized carbons (Fsp3) is 0.174. The van der Waals surface area contributed by atoms with Gasteiger partial charge >= 0.3 is 5.97 Å². The molecule has 0 fully saturated rings. The van der Waals surface area contributed by atoms with Crippen molar-refractivity contribution < 1.29 is 9.90 Å². The van der Waals surface area contributed by atoms with Gasteiger partial charge in [-0.25, -0.2) is 4.79 Å². The number of hydrogen-bond donors (Lipinski definition) is 2. The molecule has 0 unspecified atom stereocenters. The maximum atomic E-state index is 11.3. The minimum Gasteiger partial charge on any atom is -0.478 e. The Kier molecular flexibility index (Phi) is 8.56. The molecule has 0 amide bonds. The van der Waals surface area contributed by atoms with E-state index in [-0.39, 0.29) is 0 Å². The highest BCUT2D eigenvalue weighted by molar-refractivity contribution is 6.15. The highest BCUT2D eigenvalue weighted by atomic mass is 35.5. The number of carboxylic acid groups (broad SMARTS) is 1. The Morgan fingerprint density at radius 1 is 0.852 bits per heavy atom. The lowest BCUT2D eigenvalue weighted by Crippen LogP contribution is -2.16. The zero-order valence-corrected chi connectivity index (χ0v) is 16.1. The quantitative estimate of drug-likeness (QED) is 0.434. The maximum absolute atomic E-state index is 11.3. The molecule has 0 aliphatic heterocycles. The van der Waals surface area contributed by atoms with Crippen LogP contribution in [0.3, 0.4) is 0 Å². The Labute approximate surface area is 165 Å². The summed E-state index contributed by atoms with van der Waals surface area (Å²) in [5.41, 5.74) is 4.51. The van der Waals surface area contributed by atoms with E-state index >= 15 is 0 Å². The summed E-state index contributed by atoms with van der Waals surface area (Å²) in [4.78, 5) is 11.3. The number of halogens is 1. The third kappa shape index (κ3) is 6.24. The van der Waals surface area contributed by atoms with Crippen molar-refractivity contribution in [1.82, 2.24) is 5.32 Å². The average molecular weight is 382 g/mol. The topological polar surface area (TPSA) is 49.3 Å². The van der Waals surface area contributed by atoms with Crippen LogP contribution in [0.5, 0.6) is 0 Å². The van der Waals surface area contributed by atoms with Crippen LogP contribution < -0.4 is 5.32 Å². The van der Waals surface area contributed by atoms with Gasteiger partial charge in [-0.2, -0.15) is 0 Å². The lowest BCUT2D eigenvalue weighted by molar-refractivity contribution is 0.0697. The summed E-state index contributed by atoms with van der Waals surface area (Å²) >= 11 is 4.64. The lowest BCUT2D eigenvalue weighted by atomic mass is 9.99. The van der Waals surface area contributed by atoms with E-state index in [4.69, 9.17) is 0 Å². The van der Waals surface area contributed by atoms with E-state index in [0.717, 1.165) is 30.6 Å². The highest BCUT2D eigenvalue weighted by Crippen LogP contribution is 2.24. The molecule has 0 bridgehead atoms. The molecule has 0 saturated heterocycles. The fourth-order valence-corrected chi connectivity index (χ4v) is 2.83. The van der Waals surface area contributed by atoms with Gasteiger partial charge in [0.1, 0.15) is 0 Å². The summed E-state index contributed by atoms with van der Waals surface area (Å²) < 4.78 is 0. The molecule has 0 spiro atoms. The first-order valence-corrected chi connectivity index (χ1v) is 9.54. The van der Waals surface area contributed by atoms with E-state index in [1.165, 1.54) is 17.5 Å². The van der Waals surface area contributed by atoms with Crippen molar-refractivity contribution >= 4 is 17.6 Å². The smallest absolute Gasteiger partial charge is 0.336 e. The van der Waals surface area contributed by atoms with Crippen LogP contribution in [0.4, 0.5) is 0 Å². The fourth-order valence-electron chi connectivity index (χ4n) is 2.83. The van der Waals surface area contributed by atoms with Crippen molar-refractivity contribution in [2.75, 3.05) is 12.9 Å². The summed E-state index contributed by atoms with van der Waals surface area (Å²) in [6.45, 7) is 1.72. The van der Waals surface area contributed by atoms with Crippen LogP contribution in [0.15, 0.2) is 78.9 Å². The Morgan fingerprint density at radius 3 is 2.15 bits per heavy atom. The predicted molar refractivity (Wildman–Crippen MR) is 112 cm³/mol. The zero-order valence-electron chi connectivity index (χ0n) is 15.4. The van der Waals surface area contributed by atoms with Crippen molar-refractivity contribution in [3.8, 4) is 11.1 Å². The van der Waals surface area contributed by atoms with Gasteiger partial charge in [-0.05, 0) is 41.3 Å². The molecule has 3 nitrogen and oxygen atoms in total. The summed E-state index contributed by atoms with van der Waals surface area (Å²) in [5, 5.41) is 12.8. The van der Waals surface area contributed by atoms with Crippen LogP contribution >= 0.6 is 11.6 Å². The van der Waals surface area contributed by atoms with E-state index in [1.54, 1.807) is 12.1 Å². The minimum atomic E-state index is -0.901. The van der Waals surface area contributed by atoms with Crippen molar-refractivity contribution in [1.29, 1.82) is 0 Å². The Balaban J connectivity index is 0.00000126. The Bertz CT molecular complexity index is 833. The molecule has 27 heavy (non-hydrogen) atoms. The molecule has 3 aromatic rings. The van der Waals surface area contributed by atoms with Gasteiger partial charge in [0, 0.05) is 12.9 Å². The third-order valence-corrected chi connectivity index (χ3v) is 4.18. The second kappa shape index (κ2) is 11.2. The van der Waals surface area contributed by atoms with Crippen molar-refractivity contribution in [2.24, 2.45) is 0 Å². The summed E-state index contributed by atoms with van der Waals surface area (Å²) in [5.74, 6) is -0.901. The number of aromatic carboxylic acids is 1. The monoisotopic (exact) mass is 381 g/mol. The molecular weight excluding hydrogens is 358 g/mol. The molecule has 3 aromatic carbocycles. The largest absolute Gasteiger partial charge is 0.478 e. The van der Waals surface area contributed by atoms with Crippen LogP contribution in [0.1, 0.15) is 21.5 Å². The Morgan fingerprint density at radius 2 is 1.48 bits per heavy atom. The van der Waals surface area contributed by atoms with Gasteiger partial charge in [0.25, 0.3) is 0 Å². The van der Waals surface area contributed by atoms with E-state index < -0.39 is 5.97 Å². The summed E-state index contributed by atoms with van der Waals surface area (Å²) in [6.07, 6.45) is 2.48. The predicted octanol–water partition coefficient (Wildman–Crippen LogP) is 5.24. The van der Waals surface area contributed by atoms with Gasteiger partial charge in [0.2, 0.25) is 0 Å². The number of nitrogens with one attached hydrogen (secondary N) is 1. The minimum absolute atomic E-state index is 0.330. The average Bonchev–Trinajstić information content (AvgIpc) is 2.74. The first-order chi connectivity index (χ1) is 13.2. The van der Waals surface area contributed by atoms with Crippen molar-refractivity contribution in [2.45, 2.75) is 13.0 Å². The van der Waals surface area contributed by atoms with Gasteiger partial charge in [-0.15, -0.1) is 11.6 Å². The molecule has 0 atom stereocenters. The number of rotatable bonds is 7. The second-order valence-electron chi connectivity index (χ2n) is 5.96. The molecule has 0 aliphatic rings. The molecule has 0 saturated carbocycles. The standard InChI is InChI=1S/C22H21NO2.CH3Cl/c24-22(25)21-9-5-4-8-20(21)19-12-10-18(11-13-19)16-23-15-14-17-6-2-1-3-7-17;1-2/h1-13,23H,14-16H2,(H,24,25);1H3. The molecule has 0 radical (unpaired) electrons. The number of alkyl halides is 1. The molecule has 140 valence electrons. The molecular formula is C23H24ClNO2. The van der Waals surface area contributed by atoms with Crippen LogP contribution in [-0.2, 0) is 13.0 Å². The summed E-state index contributed by atoms with van der Waals surface area (Å²) in [7, 11) is 0. The normalized spacial score (nSPS) is 10.0. The molecule has 0 heterocycles. The van der Waals surface area contributed by atoms with Gasteiger partial charge < -0.3 is 10.4 Å². The number of hydrogen-bond acceptors (Lipinski definition) is 2.